The molecule has 0 spiro atoms. The minimum absolute atomic E-state index is 0.128. The highest BCUT2D eigenvalue weighted by molar-refractivity contribution is 7.92. The molecule has 0 aromatic heterocycles. The predicted molar refractivity (Wildman–Crippen MR) is 93.6 cm³/mol. The molecular formula is C17H37NO2S. The molecule has 0 amide bonds. The summed E-state index contributed by atoms with van der Waals surface area (Å²) in [5.74, 6) is 0.307. The second kappa shape index (κ2) is 9.14. The minimum atomic E-state index is -3.02. The molecule has 0 saturated carbocycles. The average Bonchev–Trinajstić information content (AvgIpc) is 2.40. The highest BCUT2D eigenvalue weighted by atomic mass is 32.2. The van der Waals surface area contributed by atoms with Crippen molar-refractivity contribution in [3.63, 3.8) is 0 Å². The summed E-state index contributed by atoms with van der Waals surface area (Å²) in [6, 6.07) is 0. The maximum Gasteiger partial charge on any atom is 0.155 e. The van der Waals surface area contributed by atoms with Crippen LogP contribution in [0.3, 0.4) is 0 Å². The topological polar surface area (TPSA) is 46.2 Å². The molecule has 0 fully saturated rings. The van der Waals surface area contributed by atoms with Crippen molar-refractivity contribution in [3.8, 4) is 0 Å². The average molecular weight is 320 g/mol. The highest BCUT2D eigenvalue weighted by Gasteiger charge is 2.34. The molecule has 1 unspecified atom stereocenters. The molecule has 0 aliphatic rings. The summed E-state index contributed by atoms with van der Waals surface area (Å²) in [5.41, 5.74) is 0.128. The maximum atomic E-state index is 12.4. The largest absolute Gasteiger partial charge is 0.316 e. The summed E-state index contributed by atoms with van der Waals surface area (Å²) in [7, 11) is -3.02. The number of sulfone groups is 1. The van der Waals surface area contributed by atoms with Crippen LogP contribution in [0.15, 0.2) is 0 Å². The molecule has 0 aliphatic heterocycles. The number of nitrogens with one attached hydrogen (secondary N) is 1. The summed E-state index contributed by atoms with van der Waals surface area (Å²) >= 11 is 0. The van der Waals surface area contributed by atoms with Gasteiger partial charge in [0.25, 0.3) is 0 Å². The van der Waals surface area contributed by atoms with Gasteiger partial charge in [-0.1, -0.05) is 33.6 Å². The molecule has 0 aromatic rings. The van der Waals surface area contributed by atoms with Crippen LogP contribution < -0.4 is 5.32 Å². The molecule has 0 bridgehead atoms. The van der Waals surface area contributed by atoms with Gasteiger partial charge in [0.1, 0.15) is 0 Å². The van der Waals surface area contributed by atoms with Crippen LogP contribution in [0, 0.1) is 5.41 Å². The van der Waals surface area contributed by atoms with Gasteiger partial charge in [-0.2, -0.15) is 0 Å². The first-order chi connectivity index (χ1) is 9.64. The first-order valence-electron chi connectivity index (χ1n) is 8.57. The third-order valence-corrected chi connectivity index (χ3v) is 7.18. The summed E-state index contributed by atoms with van der Waals surface area (Å²) in [5, 5.41) is 3.52. The first-order valence-corrected chi connectivity index (χ1v) is 10.2. The first kappa shape index (κ1) is 20.9. The molecule has 0 rings (SSSR count). The minimum Gasteiger partial charge on any atom is -0.316 e. The van der Waals surface area contributed by atoms with Crippen molar-refractivity contribution in [1.82, 2.24) is 5.32 Å². The zero-order valence-electron chi connectivity index (χ0n) is 15.1. The van der Waals surface area contributed by atoms with Crippen LogP contribution >= 0.6 is 0 Å². The van der Waals surface area contributed by atoms with Crippen LogP contribution in [0.1, 0.15) is 80.1 Å². The Bertz CT molecular complexity index is 371. The van der Waals surface area contributed by atoms with Crippen molar-refractivity contribution in [1.29, 1.82) is 0 Å². The van der Waals surface area contributed by atoms with E-state index in [0.29, 0.717) is 5.75 Å². The fourth-order valence-electron chi connectivity index (χ4n) is 2.52. The molecule has 1 N–H and O–H groups in total. The van der Waals surface area contributed by atoms with E-state index in [4.69, 9.17) is 0 Å². The molecule has 4 heteroatoms. The lowest BCUT2D eigenvalue weighted by molar-refractivity contribution is 0.222. The van der Waals surface area contributed by atoms with Gasteiger partial charge in [-0.25, -0.2) is 8.42 Å². The van der Waals surface area contributed by atoms with Crippen LogP contribution in [-0.4, -0.2) is 32.0 Å². The SMILES string of the molecule is CCCCC(CC)(CCS(=O)(=O)C(C)(C)C)CNCCC. The molecule has 128 valence electrons. The Labute approximate surface area is 133 Å². The number of unbranched alkanes of at least 4 members (excludes halogenated alkanes) is 1. The van der Waals surface area contributed by atoms with Crippen molar-refractivity contribution >= 4 is 9.84 Å². The molecule has 0 aliphatic carbocycles. The lowest BCUT2D eigenvalue weighted by atomic mass is 9.77. The monoisotopic (exact) mass is 319 g/mol. The van der Waals surface area contributed by atoms with Crippen LogP contribution in [0.2, 0.25) is 0 Å². The quantitative estimate of drug-likeness (QED) is 0.581. The van der Waals surface area contributed by atoms with Gasteiger partial charge in [-0.05, 0) is 58.4 Å². The Morgan fingerprint density at radius 3 is 2.00 bits per heavy atom. The van der Waals surface area contributed by atoms with Crippen LogP contribution in [0.4, 0.5) is 0 Å². The predicted octanol–water partition coefficient (Wildman–Crippen LogP) is 4.18. The molecular weight excluding hydrogens is 282 g/mol. The summed E-state index contributed by atoms with van der Waals surface area (Å²) in [4.78, 5) is 0. The van der Waals surface area contributed by atoms with Gasteiger partial charge in [-0.15, -0.1) is 0 Å². The Kier molecular flexibility index (Phi) is 9.10. The van der Waals surface area contributed by atoms with Crippen molar-refractivity contribution in [3.05, 3.63) is 0 Å². The van der Waals surface area contributed by atoms with Crippen LogP contribution in [0.25, 0.3) is 0 Å². The number of hydrogen-bond acceptors (Lipinski definition) is 3. The van der Waals surface area contributed by atoms with E-state index in [9.17, 15) is 8.42 Å². The second-order valence-corrected chi connectivity index (χ2v) is 10.2. The van der Waals surface area contributed by atoms with Gasteiger partial charge in [0.2, 0.25) is 0 Å². The van der Waals surface area contributed by atoms with E-state index in [1.807, 2.05) is 0 Å². The molecule has 21 heavy (non-hydrogen) atoms. The van der Waals surface area contributed by atoms with E-state index in [1.54, 1.807) is 20.8 Å². The van der Waals surface area contributed by atoms with E-state index in [0.717, 1.165) is 38.8 Å². The van der Waals surface area contributed by atoms with E-state index < -0.39 is 14.6 Å². The van der Waals surface area contributed by atoms with Gasteiger partial charge in [-0.3, -0.25) is 0 Å². The fraction of sp³-hybridized carbons (Fsp3) is 1.00. The molecule has 0 radical (unpaired) electrons. The number of rotatable bonds is 11. The van der Waals surface area contributed by atoms with Gasteiger partial charge in [0.15, 0.2) is 9.84 Å². The van der Waals surface area contributed by atoms with Crippen molar-refractivity contribution in [2.45, 2.75) is 84.8 Å². The smallest absolute Gasteiger partial charge is 0.155 e. The number of hydrogen-bond donors (Lipinski definition) is 1. The maximum absolute atomic E-state index is 12.4. The third kappa shape index (κ3) is 7.14. The van der Waals surface area contributed by atoms with E-state index in [1.165, 1.54) is 12.8 Å². The third-order valence-electron chi connectivity index (χ3n) is 4.57. The lowest BCUT2D eigenvalue weighted by Gasteiger charge is -2.34. The molecule has 0 saturated heterocycles. The van der Waals surface area contributed by atoms with Gasteiger partial charge in [0, 0.05) is 6.54 Å². The van der Waals surface area contributed by atoms with Gasteiger partial charge < -0.3 is 5.32 Å². The van der Waals surface area contributed by atoms with Crippen molar-refractivity contribution in [2.24, 2.45) is 5.41 Å². The molecule has 0 heterocycles. The van der Waals surface area contributed by atoms with Crippen LogP contribution in [0.5, 0.6) is 0 Å². The second-order valence-electron chi connectivity index (χ2n) is 7.32. The Hall–Kier alpha value is -0.0900. The Morgan fingerprint density at radius 2 is 1.57 bits per heavy atom. The summed E-state index contributed by atoms with van der Waals surface area (Å²) < 4.78 is 24.2. The van der Waals surface area contributed by atoms with E-state index in [2.05, 4.69) is 26.1 Å². The summed E-state index contributed by atoms with van der Waals surface area (Å²) in [6.45, 7) is 13.9. The standard InChI is InChI=1S/C17H37NO2S/c1-7-10-11-17(9-3,15-18-13-8-2)12-14-21(19,20)16(4,5)6/h18H,7-15H2,1-6H3. The molecule has 1 atom stereocenters. The van der Waals surface area contributed by atoms with Gasteiger partial charge in [0.05, 0.1) is 10.5 Å². The van der Waals surface area contributed by atoms with E-state index in [-0.39, 0.29) is 5.41 Å². The molecule has 3 nitrogen and oxygen atoms in total. The lowest BCUT2D eigenvalue weighted by Crippen LogP contribution is -2.38. The van der Waals surface area contributed by atoms with Crippen LogP contribution in [-0.2, 0) is 9.84 Å². The Morgan fingerprint density at radius 1 is 0.952 bits per heavy atom. The van der Waals surface area contributed by atoms with Crippen molar-refractivity contribution < 1.29 is 8.42 Å². The zero-order valence-corrected chi connectivity index (χ0v) is 15.9. The van der Waals surface area contributed by atoms with Gasteiger partial charge >= 0.3 is 0 Å². The fourth-order valence-corrected chi connectivity index (χ4v) is 3.83. The highest BCUT2D eigenvalue weighted by Crippen LogP contribution is 2.34. The molecule has 0 aromatic carbocycles. The summed E-state index contributed by atoms with van der Waals surface area (Å²) in [6.07, 6.45) is 6.41. The Balaban J connectivity index is 4.87. The zero-order chi connectivity index (χ0) is 16.6. The van der Waals surface area contributed by atoms with Crippen molar-refractivity contribution in [2.75, 3.05) is 18.8 Å². The normalized spacial score (nSPS) is 15.9. The van der Waals surface area contributed by atoms with E-state index >= 15 is 0 Å².